The lowest BCUT2D eigenvalue weighted by Crippen LogP contribution is -2.28. The Balaban J connectivity index is 1.77. The first kappa shape index (κ1) is 13.1. The summed E-state index contributed by atoms with van der Waals surface area (Å²) in [7, 11) is 0. The molecule has 1 aromatic heterocycles. The van der Waals surface area contributed by atoms with Gasteiger partial charge in [0.15, 0.2) is 0 Å². The Morgan fingerprint density at radius 2 is 2.11 bits per heavy atom. The van der Waals surface area contributed by atoms with Crippen LogP contribution in [-0.2, 0) is 0 Å². The molecule has 0 amide bonds. The third-order valence-electron chi connectivity index (χ3n) is 4.35. The summed E-state index contributed by atoms with van der Waals surface area (Å²) in [5.41, 5.74) is 1.58. The Bertz CT molecular complexity index is 585. The smallest absolute Gasteiger partial charge is 0.0499 e. The number of aryl methyl sites for hydroxylation is 1. The molecule has 0 aliphatic heterocycles. The van der Waals surface area contributed by atoms with Crippen LogP contribution in [0.4, 0.5) is 0 Å². The molecule has 2 aromatic rings. The predicted molar refractivity (Wildman–Crippen MR) is 81.7 cm³/mol. The minimum Gasteiger partial charge on any atom is -0.396 e. The lowest BCUT2D eigenvalue weighted by Gasteiger charge is -2.18. The second-order valence-corrected chi connectivity index (χ2v) is 6.93. The summed E-state index contributed by atoms with van der Waals surface area (Å²) in [4.78, 5) is 1.43. The van der Waals surface area contributed by atoms with E-state index in [9.17, 15) is 5.11 Å². The molecule has 0 spiro atoms. The van der Waals surface area contributed by atoms with Gasteiger partial charge >= 0.3 is 0 Å². The molecular weight excluding hydrogens is 254 g/mol. The van der Waals surface area contributed by atoms with Crippen LogP contribution in [0.25, 0.3) is 10.1 Å². The molecule has 1 heterocycles. The van der Waals surface area contributed by atoms with Gasteiger partial charge in [-0.15, -0.1) is 11.3 Å². The van der Waals surface area contributed by atoms with Crippen molar-refractivity contribution < 1.29 is 5.11 Å². The van der Waals surface area contributed by atoms with Crippen molar-refractivity contribution in [3.05, 3.63) is 34.7 Å². The Labute approximate surface area is 118 Å². The zero-order valence-electron chi connectivity index (χ0n) is 11.6. The van der Waals surface area contributed by atoms with Crippen molar-refractivity contribution in [2.75, 3.05) is 13.2 Å². The average Bonchev–Trinajstić information content (AvgIpc) is 3.15. The van der Waals surface area contributed by atoms with Crippen molar-refractivity contribution in [2.24, 2.45) is 5.41 Å². The molecule has 1 aromatic carbocycles. The van der Waals surface area contributed by atoms with Crippen LogP contribution >= 0.6 is 11.3 Å². The predicted octanol–water partition coefficient (Wildman–Crippen LogP) is 3.63. The van der Waals surface area contributed by atoms with E-state index in [2.05, 4.69) is 43.4 Å². The Hall–Kier alpha value is -0.900. The van der Waals surface area contributed by atoms with Gasteiger partial charge in [-0.05, 0) is 43.7 Å². The zero-order chi connectivity index (χ0) is 13.5. The summed E-state index contributed by atoms with van der Waals surface area (Å²) in [6.45, 7) is 5.69. The Morgan fingerprint density at radius 1 is 1.37 bits per heavy atom. The van der Waals surface area contributed by atoms with Gasteiger partial charge in [0, 0.05) is 34.2 Å². The molecule has 3 heteroatoms. The molecule has 1 aliphatic rings. The van der Waals surface area contributed by atoms with Gasteiger partial charge in [-0.2, -0.15) is 0 Å². The third-order valence-corrected chi connectivity index (χ3v) is 5.81. The van der Waals surface area contributed by atoms with Crippen LogP contribution in [0.2, 0.25) is 0 Å². The monoisotopic (exact) mass is 275 g/mol. The minimum absolute atomic E-state index is 0.179. The van der Waals surface area contributed by atoms with Crippen LogP contribution < -0.4 is 5.32 Å². The quantitative estimate of drug-likeness (QED) is 0.873. The first-order valence-corrected chi connectivity index (χ1v) is 7.79. The van der Waals surface area contributed by atoms with E-state index >= 15 is 0 Å². The number of fused-ring (bicyclic) bond motifs is 1. The number of aliphatic hydroxyl groups excluding tert-OH is 1. The molecule has 2 nitrogen and oxygen atoms in total. The number of benzene rings is 1. The normalized spacial score (nSPS) is 18.7. The van der Waals surface area contributed by atoms with E-state index in [1.54, 1.807) is 0 Å². The van der Waals surface area contributed by atoms with E-state index in [0.29, 0.717) is 12.6 Å². The number of aliphatic hydroxyl groups is 1. The lowest BCUT2D eigenvalue weighted by molar-refractivity contribution is 0.205. The minimum atomic E-state index is 0.179. The molecule has 2 N–H and O–H groups in total. The Kier molecular flexibility index (Phi) is 3.37. The van der Waals surface area contributed by atoms with Crippen LogP contribution in [0, 0.1) is 12.3 Å². The summed E-state index contributed by atoms with van der Waals surface area (Å²) in [5.74, 6) is 0. The van der Waals surface area contributed by atoms with E-state index in [1.807, 2.05) is 11.3 Å². The van der Waals surface area contributed by atoms with Gasteiger partial charge in [-0.1, -0.05) is 18.2 Å². The van der Waals surface area contributed by atoms with Crippen molar-refractivity contribution in [3.63, 3.8) is 0 Å². The molecular formula is C16H21NOS. The van der Waals surface area contributed by atoms with Gasteiger partial charge in [0.25, 0.3) is 0 Å². The van der Waals surface area contributed by atoms with Crippen LogP contribution in [0.1, 0.15) is 36.2 Å². The SMILES string of the molecule is Cc1c(C(C)NCC2(CO)CC2)sc2ccccc12. The number of hydrogen-bond donors (Lipinski definition) is 2. The van der Waals surface area contributed by atoms with E-state index in [4.69, 9.17) is 0 Å². The van der Waals surface area contributed by atoms with Crippen molar-refractivity contribution in [2.45, 2.75) is 32.7 Å². The maximum absolute atomic E-state index is 9.37. The maximum Gasteiger partial charge on any atom is 0.0499 e. The highest BCUT2D eigenvalue weighted by Crippen LogP contribution is 2.45. The number of hydrogen-bond acceptors (Lipinski definition) is 3. The highest BCUT2D eigenvalue weighted by atomic mass is 32.1. The van der Waals surface area contributed by atoms with E-state index < -0.39 is 0 Å². The highest BCUT2D eigenvalue weighted by Gasteiger charge is 2.41. The molecule has 1 fully saturated rings. The van der Waals surface area contributed by atoms with Crippen LogP contribution in [0.3, 0.4) is 0 Å². The second-order valence-electron chi connectivity index (χ2n) is 5.85. The van der Waals surface area contributed by atoms with Crippen LogP contribution in [-0.4, -0.2) is 18.3 Å². The lowest BCUT2D eigenvalue weighted by atomic mass is 10.1. The summed E-state index contributed by atoms with van der Waals surface area (Å²) in [5, 5.41) is 14.4. The Morgan fingerprint density at radius 3 is 2.74 bits per heavy atom. The van der Waals surface area contributed by atoms with Gasteiger partial charge in [0.2, 0.25) is 0 Å². The fraction of sp³-hybridized carbons (Fsp3) is 0.500. The van der Waals surface area contributed by atoms with E-state index in [1.165, 1.54) is 20.5 Å². The molecule has 0 saturated heterocycles. The molecule has 1 unspecified atom stereocenters. The summed E-state index contributed by atoms with van der Waals surface area (Å²) in [6.07, 6.45) is 2.32. The number of rotatable bonds is 5. The molecule has 1 saturated carbocycles. The van der Waals surface area contributed by atoms with Gasteiger partial charge < -0.3 is 10.4 Å². The first-order valence-electron chi connectivity index (χ1n) is 6.97. The number of thiophene rings is 1. The highest BCUT2D eigenvalue weighted by molar-refractivity contribution is 7.19. The standard InChI is InChI=1S/C16H21NOS/c1-11-13-5-3-4-6-14(13)19-15(11)12(2)17-9-16(10-18)7-8-16/h3-6,12,17-18H,7-10H2,1-2H3. The summed E-state index contributed by atoms with van der Waals surface area (Å²) >= 11 is 1.89. The molecule has 0 radical (unpaired) electrons. The van der Waals surface area contributed by atoms with Gasteiger partial charge in [0.1, 0.15) is 0 Å². The van der Waals surface area contributed by atoms with Crippen molar-refractivity contribution >= 4 is 21.4 Å². The second kappa shape index (κ2) is 4.89. The first-order chi connectivity index (χ1) is 9.15. The van der Waals surface area contributed by atoms with E-state index in [0.717, 1.165) is 19.4 Å². The summed E-state index contributed by atoms with van der Waals surface area (Å²) in [6, 6.07) is 8.97. The molecule has 0 bridgehead atoms. The zero-order valence-corrected chi connectivity index (χ0v) is 12.4. The molecule has 1 atom stereocenters. The molecule has 3 rings (SSSR count). The van der Waals surface area contributed by atoms with Crippen LogP contribution in [0.5, 0.6) is 0 Å². The third kappa shape index (κ3) is 2.42. The molecule has 1 aliphatic carbocycles. The average molecular weight is 275 g/mol. The fourth-order valence-corrected chi connectivity index (χ4v) is 3.87. The van der Waals surface area contributed by atoms with Gasteiger partial charge in [-0.3, -0.25) is 0 Å². The van der Waals surface area contributed by atoms with Crippen molar-refractivity contribution in [1.82, 2.24) is 5.32 Å². The van der Waals surface area contributed by atoms with Crippen molar-refractivity contribution in [1.29, 1.82) is 0 Å². The molecule has 19 heavy (non-hydrogen) atoms. The largest absolute Gasteiger partial charge is 0.396 e. The van der Waals surface area contributed by atoms with Crippen molar-refractivity contribution in [3.8, 4) is 0 Å². The topological polar surface area (TPSA) is 32.3 Å². The van der Waals surface area contributed by atoms with E-state index in [-0.39, 0.29) is 5.41 Å². The maximum atomic E-state index is 9.37. The molecule has 102 valence electrons. The van der Waals surface area contributed by atoms with Crippen LogP contribution in [0.15, 0.2) is 24.3 Å². The van der Waals surface area contributed by atoms with Gasteiger partial charge in [-0.25, -0.2) is 0 Å². The number of nitrogens with one attached hydrogen (secondary N) is 1. The summed E-state index contributed by atoms with van der Waals surface area (Å²) < 4.78 is 1.37. The fourth-order valence-electron chi connectivity index (χ4n) is 2.64. The van der Waals surface area contributed by atoms with Gasteiger partial charge in [0.05, 0.1) is 0 Å².